The molecule has 2 unspecified atom stereocenters. The second-order valence-electron chi connectivity index (χ2n) is 3.31. The number of primary amides is 1. The lowest BCUT2D eigenvalue weighted by atomic mass is 9.92. The summed E-state index contributed by atoms with van der Waals surface area (Å²) in [5, 5.41) is 21.7. The average molecular weight is 217 g/mol. The third-order valence-electron chi connectivity index (χ3n) is 2.40. The largest absolute Gasteiger partial charge is 0.410 e. The molecule has 0 fully saturated rings. The van der Waals surface area contributed by atoms with Crippen LogP contribution in [0, 0.1) is 16.0 Å². The van der Waals surface area contributed by atoms with Gasteiger partial charge in [-0.15, -0.1) is 0 Å². The van der Waals surface area contributed by atoms with Crippen molar-refractivity contribution in [2.75, 3.05) is 0 Å². The van der Waals surface area contributed by atoms with Crippen LogP contribution in [0.5, 0.6) is 0 Å². The molecule has 86 valence electrons. The minimum absolute atomic E-state index is 0.0183. The van der Waals surface area contributed by atoms with Gasteiger partial charge in [0.2, 0.25) is 6.04 Å². The normalized spacial score (nSPS) is 15.7. The summed E-state index contributed by atoms with van der Waals surface area (Å²) in [4.78, 5) is 20.8. The van der Waals surface area contributed by atoms with Crippen molar-refractivity contribution in [3.8, 4) is 0 Å². The van der Waals surface area contributed by atoms with Crippen LogP contribution in [0.25, 0.3) is 0 Å². The van der Waals surface area contributed by atoms with Crippen LogP contribution < -0.4 is 5.73 Å². The number of hydrogen-bond acceptors (Lipinski definition) is 5. The van der Waals surface area contributed by atoms with E-state index in [1.165, 1.54) is 6.92 Å². The zero-order chi connectivity index (χ0) is 12.0. The summed E-state index contributed by atoms with van der Waals surface area (Å²) in [6.07, 6.45) is 0.527. The van der Waals surface area contributed by atoms with Gasteiger partial charge in [-0.1, -0.05) is 12.1 Å². The van der Waals surface area contributed by atoms with E-state index in [1.54, 1.807) is 6.92 Å². The smallest absolute Gasteiger partial charge is 0.266 e. The highest BCUT2D eigenvalue weighted by molar-refractivity contribution is 6.38. The van der Waals surface area contributed by atoms with Crippen LogP contribution in [0.1, 0.15) is 26.7 Å². The van der Waals surface area contributed by atoms with E-state index in [1.807, 2.05) is 0 Å². The number of nitro groups is 1. The Morgan fingerprint density at radius 3 is 2.47 bits per heavy atom. The van der Waals surface area contributed by atoms with Crippen molar-refractivity contribution < 1.29 is 14.9 Å². The first-order chi connectivity index (χ1) is 6.93. The molecule has 0 saturated heterocycles. The predicted octanol–water partition coefficient (Wildman–Crippen LogP) is 0.383. The van der Waals surface area contributed by atoms with E-state index in [2.05, 4.69) is 5.16 Å². The predicted molar refractivity (Wildman–Crippen MR) is 53.3 cm³/mol. The molecule has 3 N–H and O–H groups in total. The van der Waals surface area contributed by atoms with Crippen LogP contribution in [-0.4, -0.2) is 27.8 Å². The molecule has 0 aromatic carbocycles. The topological polar surface area (TPSA) is 119 Å². The van der Waals surface area contributed by atoms with Gasteiger partial charge >= 0.3 is 0 Å². The summed E-state index contributed by atoms with van der Waals surface area (Å²) < 4.78 is 0. The molecule has 7 nitrogen and oxygen atoms in total. The summed E-state index contributed by atoms with van der Waals surface area (Å²) in [6.45, 7) is 3.21. The molecular formula is C8H15N3O4. The number of oxime groups is 1. The molecule has 0 aromatic heterocycles. The van der Waals surface area contributed by atoms with E-state index in [0.717, 1.165) is 0 Å². The fourth-order valence-electron chi connectivity index (χ4n) is 1.27. The summed E-state index contributed by atoms with van der Waals surface area (Å²) in [5.41, 5.74) is 4.70. The van der Waals surface area contributed by atoms with Crippen molar-refractivity contribution >= 4 is 11.6 Å². The molecule has 0 aromatic rings. The summed E-state index contributed by atoms with van der Waals surface area (Å²) in [5.74, 6) is -1.22. The van der Waals surface area contributed by atoms with Gasteiger partial charge in [0.25, 0.3) is 5.91 Å². The molecule has 15 heavy (non-hydrogen) atoms. The van der Waals surface area contributed by atoms with Crippen molar-refractivity contribution in [2.24, 2.45) is 16.8 Å². The number of carbonyl (C=O) groups excluding carboxylic acids is 1. The van der Waals surface area contributed by atoms with Crippen molar-refractivity contribution in [1.29, 1.82) is 0 Å². The maximum atomic E-state index is 10.7. The standard InChI is InChI=1S/C8H15N3O4/c1-3-6(5(2)11(14)15)4-7(10-13)8(9)12/h5-6,13H,3-4H2,1-2H3,(H2,9,12). The zero-order valence-electron chi connectivity index (χ0n) is 8.71. The molecule has 0 aliphatic carbocycles. The number of nitrogens with two attached hydrogens (primary N) is 1. The molecule has 7 heteroatoms. The van der Waals surface area contributed by atoms with Crippen LogP contribution in [0.15, 0.2) is 5.16 Å². The Labute approximate surface area is 87.1 Å². The lowest BCUT2D eigenvalue weighted by Gasteiger charge is -2.15. The zero-order valence-corrected chi connectivity index (χ0v) is 8.71. The Balaban J connectivity index is 4.58. The Morgan fingerprint density at radius 1 is 1.67 bits per heavy atom. The highest BCUT2D eigenvalue weighted by Crippen LogP contribution is 2.16. The molecule has 0 aliphatic rings. The second-order valence-corrected chi connectivity index (χ2v) is 3.31. The molecule has 0 saturated carbocycles. The van der Waals surface area contributed by atoms with E-state index in [4.69, 9.17) is 10.9 Å². The van der Waals surface area contributed by atoms with Crippen LogP contribution in [0.2, 0.25) is 0 Å². The Bertz CT molecular complexity index is 277. The third-order valence-corrected chi connectivity index (χ3v) is 2.40. The molecule has 1 amide bonds. The van der Waals surface area contributed by atoms with Crippen LogP contribution in [0.3, 0.4) is 0 Å². The minimum atomic E-state index is -0.855. The number of hydrogen-bond donors (Lipinski definition) is 2. The number of rotatable bonds is 6. The Morgan fingerprint density at radius 2 is 2.20 bits per heavy atom. The molecule has 0 aliphatic heterocycles. The molecule has 0 spiro atoms. The summed E-state index contributed by atoms with van der Waals surface area (Å²) in [7, 11) is 0. The molecule has 0 heterocycles. The molecule has 2 atom stereocenters. The van der Waals surface area contributed by atoms with Crippen molar-refractivity contribution in [3.05, 3.63) is 10.1 Å². The fraction of sp³-hybridized carbons (Fsp3) is 0.750. The molecular weight excluding hydrogens is 202 g/mol. The van der Waals surface area contributed by atoms with Gasteiger partial charge in [0, 0.05) is 24.2 Å². The maximum absolute atomic E-state index is 10.7. The van der Waals surface area contributed by atoms with Gasteiger partial charge < -0.3 is 10.9 Å². The van der Waals surface area contributed by atoms with Crippen LogP contribution in [-0.2, 0) is 4.79 Å². The number of nitrogens with zero attached hydrogens (tertiary/aromatic N) is 2. The van der Waals surface area contributed by atoms with Gasteiger partial charge in [0.15, 0.2) is 0 Å². The Kier molecular flexibility index (Phi) is 5.29. The first-order valence-corrected chi connectivity index (χ1v) is 4.58. The van der Waals surface area contributed by atoms with Crippen LogP contribution in [0.4, 0.5) is 0 Å². The van der Waals surface area contributed by atoms with Gasteiger partial charge in [0.1, 0.15) is 5.71 Å². The fourth-order valence-corrected chi connectivity index (χ4v) is 1.27. The highest BCUT2D eigenvalue weighted by atomic mass is 16.6. The van der Waals surface area contributed by atoms with Crippen molar-refractivity contribution in [1.82, 2.24) is 0 Å². The Hall–Kier alpha value is -1.66. The van der Waals surface area contributed by atoms with Gasteiger partial charge in [-0.05, 0) is 6.42 Å². The maximum Gasteiger partial charge on any atom is 0.266 e. The highest BCUT2D eigenvalue weighted by Gasteiger charge is 2.27. The molecule has 0 bridgehead atoms. The van der Waals surface area contributed by atoms with Crippen molar-refractivity contribution in [3.63, 3.8) is 0 Å². The summed E-state index contributed by atoms with van der Waals surface area (Å²) in [6, 6.07) is -0.800. The second kappa shape index (κ2) is 5.94. The lowest BCUT2D eigenvalue weighted by Crippen LogP contribution is -2.32. The SMILES string of the molecule is CCC(CC(=NO)C(N)=O)C(C)[N+](=O)[O-]. The van der Waals surface area contributed by atoms with E-state index in [0.29, 0.717) is 6.42 Å². The third kappa shape index (κ3) is 3.92. The lowest BCUT2D eigenvalue weighted by molar-refractivity contribution is -0.527. The number of amides is 1. The van der Waals surface area contributed by atoms with E-state index in [-0.39, 0.29) is 18.1 Å². The summed E-state index contributed by atoms with van der Waals surface area (Å²) >= 11 is 0. The van der Waals surface area contributed by atoms with E-state index >= 15 is 0 Å². The number of carbonyl (C=O) groups is 1. The van der Waals surface area contributed by atoms with Gasteiger partial charge in [-0.25, -0.2) is 0 Å². The van der Waals surface area contributed by atoms with Crippen molar-refractivity contribution in [2.45, 2.75) is 32.7 Å². The van der Waals surface area contributed by atoms with Gasteiger partial charge in [-0.3, -0.25) is 14.9 Å². The first-order valence-electron chi connectivity index (χ1n) is 4.58. The quantitative estimate of drug-likeness (QED) is 0.289. The van der Waals surface area contributed by atoms with Gasteiger partial charge in [0.05, 0.1) is 0 Å². The van der Waals surface area contributed by atoms with Gasteiger partial charge in [-0.2, -0.15) is 0 Å². The molecule has 0 radical (unpaired) electrons. The van der Waals surface area contributed by atoms with E-state index in [9.17, 15) is 14.9 Å². The first kappa shape index (κ1) is 13.3. The molecule has 0 rings (SSSR count). The van der Waals surface area contributed by atoms with Crippen LogP contribution >= 0.6 is 0 Å². The van der Waals surface area contributed by atoms with E-state index < -0.39 is 16.9 Å². The monoisotopic (exact) mass is 217 g/mol. The average Bonchev–Trinajstić information content (AvgIpc) is 2.18. The minimum Gasteiger partial charge on any atom is -0.410 e.